The average Bonchev–Trinajstić information content (AvgIpc) is 3.62. The number of hydrogen-bond donors (Lipinski definition) is 0. The topological polar surface area (TPSA) is 4.93 Å². The van der Waals surface area contributed by atoms with Gasteiger partial charge in [0.1, 0.15) is 0 Å². The minimum absolute atomic E-state index is 0.0667. The molecule has 1 atom stereocenters. The van der Waals surface area contributed by atoms with E-state index in [2.05, 4.69) is 200 Å². The van der Waals surface area contributed by atoms with Gasteiger partial charge in [0.15, 0.2) is 0 Å². The van der Waals surface area contributed by atoms with Crippen LogP contribution in [-0.4, -0.2) is 4.57 Å². The van der Waals surface area contributed by atoms with Crippen molar-refractivity contribution < 1.29 is 0 Å². The van der Waals surface area contributed by atoms with E-state index in [9.17, 15) is 0 Å². The molecule has 0 radical (unpaired) electrons. The van der Waals surface area contributed by atoms with Crippen LogP contribution in [0.15, 0.2) is 182 Å². The van der Waals surface area contributed by atoms with Gasteiger partial charge < -0.3 is 4.57 Å². The monoisotopic (exact) mass is 703 g/mol. The zero-order valence-corrected chi connectivity index (χ0v) is 31.3. The molecule has 1 heterocycles. The number of aryl methyl sites for hydroxylation is 1. The molecule has 1 heteroatoms. The summed E-state index contributed by atoms with van der Waals surface area (Å²) in [6.45, 7) is 4.81. The van der Waals surface area contributed by atoms with E-state index in [-0.39, 0.29) is 11.3 Å². The fraction of sp³-hybridized carbons (Fsp3) is 0.111. The molecule has 1 aromatic heterocycles. The van der Waals surface area contributed by atoms with E-state index in [4.69, 9.17) is 0 Å². The van der Waals surface area contributed by atoms with Crippen LogP contribution in [0.2, 0.25) is 0 Å². The Bertz CT molecular complexity index is 2940. The van der Waals surface area contributed by atoms with Crippen LogP contribution in [-0.2, 0) is 11.8 Å². The maximum Gasteiger partial charge on any atom is 0.0541 e. The summed E-state index contributed by atoms with van der Waals surface area (Å²) in [6.07, 6.45) is 2.09. The standard InChI is InChI=1S/C54H41N/c1-54(2)50-22-11-9-20-43(50)48-33-46-45-31-38(39-27-29-53-49(32-39)44-21-10-12-23-52(44)55(53)41-18-7-4-8-19-41)25-24-36(45)26-28-42(47(46)34-51(48)54)40-17-13-16-37(30-40)35-14-5-3-6-15-35/h3-25,27,29-34,42H,26,28H2,1-2H3. The molecule has 2 aliphatic rings. The molecule has 8 aromatic carbocycles. The lowest BCUT2D eigenvalue weighted by Gasteiger charge is -2.25. The van der Waals surface area contributed by atoms with Crippen LogP contribution in [0.4, 0.5) is 0 Å². The molecule has 0 spiro atoms. The fourth-order valence-corrected chi connectivity index (χ4v) is 9.89. The van der Waals surface area contributed by atoms with E-state index >= 15 is 0 Å². The van der Waals surface area contributed by atoms with E-state index in [1.807, 2.05) is 0 Å². The van der Waals surface area contributed by atoms with Crippen molar-refractivity contribution in [1.82, 2.24) is 4.57 Å². The third kappa shape index (κ3) is 5.00. The summed E-state index contributed by atoms with van der Waals surface area (Å²) in [5, 5.41) is 2.56. The first-order valence-corrected chi connectivity index (χ1v) is 19.7. The third-order valence-corrected chi connectivity index (χ3v) is 12.6. The van der Waals surface area contributed by atoms with Crippen molar-refractivity contribution in [3.8, 4) is 50.2 Å². The molecule has 9 aromatic rings. The van der Waals surface area contributed by atoms with Gasteiger partial charge in [-0.15, -0.1) is 0 Å². The molecule has 1 unspecified atom stereocenters. The third-order valence-electron chi connectivity index (χ3n) is 12.6. The summed E-state index contributed by atoms with van der Waals surface area (Å²) in [6, 6.07) is 68.2. The number of para-hydroxylation sites is 2. The number of hydrogen-bond acceptors (Lipinski definition) is 0. The number of fused-ring (bicyclic) bond motifs is 9. The molecule has 0 saturated heterocycles. The van der Waals surface area contributed by atoms with Gasteiger partial charge in [-0.2, -0.15) is 0 Å². The van der Waals surface area contributed by atoms with Crippen LogP contribution >= 0.6 is 0 Å². The molecule has 0 N–H and O–H groups in total. The minimum atomic E-state index is -0.0667. The molecule has 0 aliphatic heterocycles. The van der Waals surface area contributed by atoms with E-state index in [0.717, 1.165) is 12.8 Å². The first-order chi connectivity index (χ1) is 27.0. The van der Waals surface area contributed by atoms with E-state index in [0.29, 0.717) is 0 Å². The van der Waals surface area contributed by atoms with Crippen molar-refractivity contribution in [2.45, 2.75) is 38.0 Å². The Hall–Kier alpha value is -6.44. The number of nitrogens with zero attached hydrogens (tertiary/aromatic N) is 1. The van der Waals surface area contributed by atoms with Crippen molar-refractivity contribution in [2.24, 2.45) is 0 Å². The molecule has 0 fully saturated rings. The zero-order valence-electron chi connectivity index (χ0n) is 31.3. The molecular weight excluding hydrogens is 663 g/mol. The Labute approximate surface area is 323 Å². The highest BCUT2D eigenvalue weighted by molar-refractivity contribution is 6.10. The van der Waals surface area contributed by atoms with Gasteiger partial charge in [-0.25, -0.2) is 0 Å². The highest BCUT2D eigenvalue weighted by Crippen LogP contribution is 2.53. The van der Waals surface area contributed by atoms with Gasteiger partial charge in [0.25, 0.3) is 0 Å². The van der Waals surface area contributed by atoms with Gasteiger partial charge in [-0.1, -0.05) is 153 Å². The number of benzene rings is 8. The van der Waals surface area contributed by atoms with E-state index in [1.165, 1.54) is 99.8 Å². The quantitative estimate of drug-likeness (QED) is 0.172. The molecule has 262 valence electrons. The van der Waals surface area contributed by atoms with Crippen LogP contribution in [0.3, 0.4) is 0 Å². The Balaban J connectivity index is 1.10. The Morgan fingerprint density at radius 1 is 0.455 bits per heavy atom. The maximum atomic E-state index is 2.59. The zero-order chi connectivity index (χ0) is 36.7. The second-order valence-electron chi connectivity index (χ2n) is 16.0. The molecule has 0 saturated carbocycles. The van der Waals surface area contributed by atoms with Crippen LogP contribution in [0, 0.1) is 0 Å². The number of aromatic nitrogens is 1. The van der Waals surface area contributed by atoms with Gasteiger partial charge in [0, 0.05) is 27.8 Å². The lowest BCUT2D eigenvalue weighted by Crippen LogP contribution is -2.16. The fourth-order valence-electron chi connectivity index (χ4n) is 9.89. The maximum absolute atomic E-state index is 2.59. The molecule has 0 amide bonds. The first-order valence-electron chi connectivity index (χ1n) is 19.7. The molecule has 1 nitrogen and oxygen atoms in total. The second kappa shape index (κ2) is 12.3. The van der Waals surface area contributed by atoms with Gasteiger partial charge in [-0.05, 0) is 128 Å². The first kappa shape index (κ1) is 32.0. The van der Waals surface area contributed by atoms with Gasteiger partial charge in [0.05, 0.1) is 11.0 Å². The summed E-state index contributed by atoms with van der Waals surface area (Å²) in [4.78, 5) is 0. The molecule has 11 rings (SSSR count). The Kier molecular flexibility index (Phi) is 7.16. The van der Waals surface area contributed by atoms with Crippen molar-refractivity contribution in [3.63, 3.8) is 0 Å². The lowest BCUT2D eigenvalue weighted by atomic mass is 9.78. The average molecular weight is 704 g/mol. The predicted octanol–water partition coefficient (Wildman–Crippen LogP) is 14.2. The summed E-state index contributed by atoms with van der Waals surface area (Å²) in [5.74, 6) is 0.278. The van der Waals surface area contributed by atoms with Crippen LogP contribution in [0.25, 0.3) is 72.0 Å². The van der Waals surface area contributed by atoms with E-state index < -0.39 is 0 Å². The molecular formula is C54H41N. The second-order valence-corrected chi connectivity index (χ2v) is 16.0. The van der Waals surface area contributed by atoms with Crippen LogP contribution in [0.1, 0.15) is 54.0 Å². The minimum Gasteiger partial charge on any atom is -0.309 e. The van der Waals surface area contributed by atoms with Gasteiger partial charge in [-0.3, -0.25) is 0 Å². The number of rotatable bonds is 4. The van der Waals surface area contributed by atoms with Crippen LogP contribution < -0.4 is 0 Å². The Morgan fingerprint density at radius 2 is 1.15 bits per heavy atom. The molecule has 55 heavy (non-hydrogen) atoms. The summed E-state index contributed by atoms with van der Waals surface area (Å²) in [5.41, 5.74) is 21.2. The SMILES string of the molecule is CC1(C)c2ccccc2-c2cc3c(cc21)C(c1cccc(-c2ccccc2)c1)CCc1ccc(-c2ccc4c(c2)c2ccccc2n4-c2ccccc2)cc1-3. The van der Waals surface area contributed by atoms with Crippen LogP contribution in [0.5, 0.6) is 0 Å². The summed E-state index contributed by atoms with van der Waals surface area (Å²) in [7, 11) is 0. The van der Waals surface area contributed by atoms with Crippen molar-refractivity contribution in [1.29, 1.82) is 0 Å². The molecule has 2 aliphatic carbocycles. The largest absolute Gasteiger partial charge is 0.309 e. The molecule has 0 bridgehead atoms. The Morgan fingerprint density at radius 3 is 2.02 bits per heavy atom. The van der Waals surface area contributed by atoms with Crippen molar-refractivity contribution in [3.05, 3.63) is 210 Å². The van der Waals surface area contributed by atoms with E-state index in [1.54, 1.807) is 0 Å². The van der Waals surface area contributed by atoms with Crippen molar-refractivity contribution >= 4 is 21.8 Å². The normalized spacial score (nSPS) is 15.3. The lowest BCUT2D eigenvalue weighted by molar-refractivity contribution is 0.655. The highest BCUT2D eigenvalue weighted by Gasteiger charge is 2.37. The van der Waals surface area contributed by atoms with Gasteiger partial charge in [0.2, 0.25) is 0 Å². The van der Waals surface area contributed by atoms with Crippen molar-refractivity contribution in [2.75, 3.05) is 0 Å². The van der Waals surface area contributed by atoms with Gasteiger partial charge >= 0.3 is 0 Å². The highest BCUT2D eigenvalue weighted by atomic mass is 15.0. The smallest absolute Gasteiger partial charge is 0.0541 e. The predicted molar refractivity (Wildman–Crippen MR) is 231 cm³/mol. The summed E-state index contributed by atoms with van der Waals surface area (Å²) < 4.78 is 2.40. The summed E-state index contributed by atoms with van der Waals surface area (Å²) >= 11 is 0.